The lowest BCUT2D eigenvalue weighted by Gasteiger charge is -2.01. The molecule has 0 amide bonds. The van der Waals surface area contributed by atoms with Crippen LogP contribution in [0.25, 0.3) is 0 Å². The van der Waals surface area contributed by atoms with E-state index in [1.165, 1.54) is 17.1 Å². The zero-order chi connectivity index (χ0) is 8.27. The first-order valence-corrected chi connectivity index (χ1v) is 3.55. The number of hydrogen-bond donors (Lipinski definition) is 1. The van der Waals surface area contributed by atoms with Crippen LogP contribution in [0, 0.1) is 0 Å². The molecular weight excluding hydrogens is 142 g/mol. The van der Waals surface area contributed by atoms with Crippen molar-refractivity contribution in [2.75, 3.05) is 5.73 Å². The van der Waals surface area contributed by atoms with E-state index in [0.29, 0.717) is 6.54 Å². The van der Waals surface area contributed by atoms with Crippen molar-refractivity contribution < 1.29 is 0 Å². The van der Waals surface area contributed by atoms with Gasteiger partial charge in [0.25, 0.3) is 5.56 Å². The monoisotopic (exact) mass is 153 g/mol. The van der Waals surface area contributed by atoms with Crippen LogP contribution in [0.15, 0.2) is 17.3 Å². The van der Waals surface area contributed by atoms with Gasteiger partial charge >= 0.3 is 0 Å². The third kappa shape index (κ3) is 1.58. The third-order valence-electron chi connectivity index (χ3n) is 1.39. The van der Waals surface area contributed by atoms with Crippen LogP contribution < -0.4 is 11.3 Å². The Balaban J connectivity index is 3.07. The molecule has 60 valence electrons. The van der Waals surface area contributed by atoms with Crippen LogP contribution in [0.4, 0.5) is 5.69 Å². The largest absolute Gasteiger partial charge is 0.393 e. The molecule has 0 aliphatic rings. The molecule has 1 aromatic rings. The van der Waals surface area contributed by atoms with E-state index in [2.05, 4.69) is 4.98 Å². The number of anilines is 1. The zero-order valence-corrected chi connectivity index (χ0v) is 6.45. The van der Waals surface area contributed by atoms with E-state index in [9.17, 15) is 4.79 Å². The molecule has 0 aliphatic carbocycles. The van der Waals surface area contributed by atoms with Gasteiger partial charge in [0.15, 0.2) is 0 Å². The van der Waals surface area contributed by atoms with Gasteiger partial charge in [0.1, 0.15) is 5.69 Å². The maximum Gasteiger partial charge on any atom is 0.276 e. The van der Waals surface area contributed by atoms with E-state index in [4.69, 9.17) is 5.73 Å². The van der Waals surface area contributed by atoms with Crippen LogP contribution in [0.5, 0.6) is 0 Å². The fraction of sp³-hybridized carbons (Fsp3) is 0.429. The summed E-state index contributed by atoms with van der Waals surface area (Å²) in [5, 5.41) is 0. The number of nitrogens with two attached hydrogens (primary N) is 1. The average molecular weight is 153 g/mol. The van der Waals surface area contributed by atoms with Crippen LogP contribution in [0.3, 0.4) is 0 Å². The minimum absolute atomic E-state index is 0.151. The van der Waals surface area contributed by atoms with E-state index in [0.717, 1.165) is 6.42 Å². The molecule has 1 heterocycles. The molecule has 4 nitrogen and oxygen atoms in total. The van der Waals surface area contributed by atoms with Gasteiger partial charge in [-0.05, 0) is 6.42 Å². The number of aryl methyl sites for hydroxylation is 1. The average Bonchev–Trinajstić information content (AvgIpc) is 1.99. The van der Waals surface area contributed by atoms with Gasteiger partial charge in [-0.25, -0.2) is 4.98 Å². The smallest absolute Gasteiger partial charge is 0.276 e. The van der Waals surface area contributed by atoms with Gasteiger partial charge in [0.2, 0.25) is 0 Å². The second kappa shape index (κ2) is 3.18. The highest BCUT2D eigenvalue weighted by Gasteiger charge is 1.96. The van der Waals surface area contributed by atoms with Crippen LogP contribution >= 0.6 is 0 Å². The van der Waals surface area contributed by atoms with Crippen molar-refractivity contribution in [3.8, 4) is 0 Å². The molecular formula is C7H11N3O. The van der Waals surface area contributed by atoms with Crippen molar-refractivity contribution in [2.45, 2.75) is 19.9 Å². The first kappa shape index (κ1) is 7.78. The summed E-state index contributed by atoms with van der Waals surface area (Å²) in [6, 6.07) is 0. The third-order valence-corrected chi connectivity index (χ3v) is 1.39. The molecule has 2 N–H and O–H groups in total. The lowest BCUT2D eigenvalue weighted by atomic mass is 10.4. The van der Waals surface area contributed by atoms with Gasteiger partial charge < -0.3 is 5.73 Å². The van der Waals surface area contributed by atoms with Crippen LogP contribution in [-0.4, -0.2) is 9.55 Å². The summed E-state index contributed by atoms with van der Waals surface area (Å²) in [6.07, 6.45) is 3.78. The first-order chi connectivity index (χ1) is 5.25. The molecule has 1 rings (SSSR count). The predicted octanol–water partition coefficient (Wildman–Crippen LogP) is 0.236. The van der Waals surface area contributed by atoms with Gasteiger partial charge in [0.05, 0.1) is 12.5 Å². The first-order valence-electron chi connectivity index (χ1n) is 3.55. The van der Waals surface area contributed by atoms with Crippen molar-refractivity contribution in [2.24, 2.45) is 0 Å². The fourth-order valence-electron chi connectivity index (χ4n) is 0.868. The number of hydrogen-bond acceptors (Lipinski definition) is 3. The topological polar surface area (TPSA) is 60.9 Å². The van der Waals surface area contributed by atoms with Gasteiger partial charge in [-0.15, -0.1) is 0 Å². The molecule has 0 aliphatic heterocycles. The molecule has 0 saturated heterocycles. The lowest BCUT2D eigenvalue weighted by molar-refractivity contribution is 0.642. The Labute approximate surface area is 64.7 Å². The molecule has 1 aromatic heterocycles. The molecule has 0 radical (unpaired) electrons. The zero-order valence-electron chi connectivity index (χ0n) is 6.45. The summed E-state index contributed by atoms with van der Waals surface area (Å²) in [7, 11) is 0. The molecule has 0 saturated carbocycles. The molecule has 11 heavy (non-hydrogen) atoms. The summed E-state index contributed by atoms with van der Waals surface area (Å²) < 4.78 is 1.51. The van der Waals surface area contributed by atoms with Crippen LogP contribution in [0.2, 0.25) is 0 Å². The maximum atomic E-state index is 11.2. The Morgan fingerprint density at radius 1 is 1.73 bits per heavy atom. The second-order valence-corrected chi connectivity index (χ2v) is 2.35. The number of nitrogens with zero attached hydrogens (tertiary/aromatic N) is 2. The summed E-state index contributed by atoms with van der Waals surface area (Å²) in [5.74, 6) is 0. The van der Waals surface area contributed by atoms with Gasteiger partial charge in [-0.2, -0.15) is 0 Å². The van der Waals surface area contributed by atoms with E-state index in [1.807, 2.05) is 6.92 Å². The summed E-state index contributed by atoms with van der Waals surface area (Å²) in [5.41, 5.74) is 5.41. The Bertz CT molecular complexity index is 292. The predicted molar refractivity (Wildman–Crippen MR) is 43.2 cm³/mol. The molecule has 0 atom stereocenters. The highest BCUT2D eigenvalue weighted by molar-refractivity contribution is 5.29. The Hall–Kier alpha value is -1.32. The van der Waals surface area contributed by atoms with Crippen molar-refractivity contribution >= 4 is 5.69 Å². The summed E-state index contributed by atoms with van der Waals surface area (Å²) in [6.45, 7) is 2.67. The van der Waals surface area contributed by atoms with Crippen molar-refractivity contribution in [3.05, 3.63) is 22.9 Å². The van der Waals surface area contributed by atoms with Crippen molar-refractivity contribution in [1.82, 2.24) is 9.55 Å². The number of nitrogen functional groups attached to an aromatic ring is 1. The Kier molecular flexibility index (Phi) is 2.25. The van der Waals surface area contributed by atoms with Gasteiger partial charge in [-0.3, -0.25) is 9.36 Å². The SMILES string of the molecule is CCCn1cncc(N)c1=O. The standard InChI is InChI=1S/C7H11N3O/c1-2-3-10-5-9-4-6(8)7(10)11/h4-5H,2-3,8H2,1H3. The molecule has 0 spiro atoms. The molecule has 0 unspecified atom stereocenters. The van der Waals surface area contributed by atoms with Gasteiger partial charge in [0, 0.05) is 6.54 Å². The highest BCUT2D eigenvalue weighted by atomic mass is 16.1. The van der Waals surface area contributed by atoms with Crippen LogP contribution in [-0.2, 0) is 6.54 Å². The van der Waals surface area contributed by atoms with Crippen molar-refractivity contribution in [1.29, 1.82) is 0 Å². The molecule has 0 fully saturated rings. The summed E-state index contributed by atoms with van der Waals surface area (Å²) in [4.78, 5) is 15.0. The number of aromatic nitrogens is 2. The number of rotatable bonds is 2. The van der Waals surface area contributed by atoms with E-state index >= 15 is 0 Å². The van der Waals surface area contributed by atoms with E-state index in [-0.39, 0.29) is 11.2 Å². The highest BCUT2D eigenvalue weighted by Crippen LogP contribution is 1.88. The molecule has 0 bridgehead atoms. The normalized spacial score (nSPS) is 9.91. The maximum absolute atomic E-state index is 11.2. The van der Waals surface area contributed by atoms with E-state index in [1.54, 1.807) is 0 Å². The lowest BCUT2D eigenvalue weighted by Crippen LogP contribution is -2.22. The second-order valence-electron chi connectivity index (χ2n) is 2.35. The summed E-state index contributed by atoms with van der Waals surface area (Å²) >= 11 is 0. The van der Waals surface area contributed by atoms with E-state index < -0.39 is 0 Å². The van der Waals surface area contributed by atoms with Crippen LogP contribution in [0.1, 0.15) is 13.3 Å². The van der Waals surface area contributed by atoms with Crippen molar-refractivity contribution in [3.63, 3.8) is 0 Å². The quantitative estimate of drug-likeness (QED) is 0.661. The molecule has 0 aromatic carbocycles. The fourth-order valence-corrected chi connectivity index (χ4v) is 0.868. The van der Waals surface area contributed by atoms with Gasteiger partial charge in [-0.1, -0.05) is 6.92 Å². The Morgan fingerprint density at radius 3 is 3.09 bits per heavy atom. The molecule has 4 heteroatoms. The minimum atomic E-state index is -0.151. The minimum Gasteiger partial charge on any atom is -0.393 e. The Morgan fingerprint density at radius 2 is 2.45 bits per heavy atom.